The average Bonchev–Trinajstić information content (AvgIpc) is 2.69. The van der Waals surface area contributed by atoms with E-state index in [-0.39, 0.29) is 5.91 Å². The Labute approximate surface area is 215 Å². The molecule has 2 unspecified atom stereocenters. The minimum Gasteiger partial charge on any atom is -0.444 e. The molecule has 0 fully saturated rings. The summed E-state index contributed by atoms with van der Waals surface area (Å²) in [5, 5.41) is 5.65. The summed E-state index contributed by atoms with van der Waals surface area (Å²) in [5.74, 6) is -0.723. The van der Waals surface area contributed by atoms with Gasteiger partial charge in [-0.2, -0.15) is 0 Å². The number of carbonyl (C=O) groups excluding carboxylic acids is 3. The van der Waals surface area contributed by atoms with Crippen LogP contribution in [-0.4, -0.2) is 40.0 Å². The van der Waals surface area contributed by atoms with Crippen LogP contribution in [0.2, 0.25) is 0 Å². The largest absolute Gasteiger partial charge is 0.444 e. The van der Waals surface area contributed by atoms with Crippen LogP contribution in [0.15, 0.2) is 42.5 Å². The molecule has 0 aliphatic heterocycles. The molecule has 7 nitrogen and oxygen atoms in total. The lowest BCUT2D eigenvalue weighted by atomic mass is 9.93. The molecule has 3 amide bonds. The van der Waals surface area contributed by atoms with Gasteiger partial charge in [0, 0.05) is 11.2 Å². The molecule has 196 valence electrons. The molecule has 0 aliphatic carbocycles. The van der Waals surface area contributed by atoms with E-state index in [2.05, 4.69) is 10.6 Å². The molecule has 2 atom stereocenters. The van der Waals surface area contributed by atoms with E-state index in [4.69, 9.17) is 4.74 Å². The number of amides is 3. The van der Waals surface area contributed by atoms with Crippen LogP contribution in [0, 0.1) is 20.8 Å². The van der Waals surface area contributed by atoms with Gasteiger partial charge in [0.2, 0.25) is 5.91 Å². The highest BCUT2D eigenvalue weighted by atomic mass is 16.6. The highest BCUT2D eigenvalue weighted by molar-refractivity contribution is 5.99. The summed E-state index contributed by atoms with van der Waals surface area (Å²) in [6, 6.07) is 11.5. The fourth-order valence-electron chi connectivity index (χ4n) is 4.10. The maximum Gasteiger partial charge on any atom is 0.408 e. The zero-order valence-electron chi connectivity index (χ0n) is 23.3. The molecular formula is C29H41N3O4. The Morgan fingerprint density at radius 1 is 0.889 bits per heavy atom. The predicted molar refractivity (Wildman–Crippen MR) is 144 cm³/mol. The number of nitrogens with zero attached hydrogens (tertiary/aromatic N) is 1. The smallest absolute Gasteiger partial charge is 0.408 e. The van der Waals surface area contributed by atoms with Crippen LogP contribution in [0.4, 0.5) is 10.5 Å². The van der Waals surface area contributed by atoms with Gasteiger partial charge in [0.25, 0.3) is 5.91 Å². The fourth-order valence-corrected chi connectivity index (χ4v) is 4.10. The van der Waals surface area contributed by atoms with E-state index in [0.29, 0.717) is 11.3 Å². The maximum atomic E-state index is 13.9. The number of carbonyl (C=O) groups is 3. The first-order valence-corrected chi connectivity index (χ1v) is 12.3. The second-order valence-electron chi connectivity index (χ2n) is 11.4. The number of rotatable bonds is 6. The van der Waals surface area contributed by atoms with E-state index in [0.717, 1.165) is 16.7 Å². The van der Waals surface area contributed by atoms with E-state index < -0.39 is 35.2 Å². The number of ether oxygens (including phenoxy) is 1. The van der Waals surface area contributed by atoms with Gasteiger partial charge < -0.3 is 20.3 Å². The van der Waals surface area contributed by atoms with Crippen molar-refractivity contribution in [1.82, 2.24) is 10.2 Å². The monoisotopic (exact) mass is 495 g/mol. The van der Waals surface area contributed by atoms with Gasteiger partial charge in [-0.3, -0.25) is 9.59 Å². The molecule has 0 aliphatic rings. The number of aryl methyl sites for hydroxylation is 3. The van der Waals surface area contributed by atoms with Crippen molar-refractivity contribution in [3.63, 3.8) is 0 Å². The summed E-state index contributed by atoms with van der Waals surface area (Å²) >= 11 is 0. The van der Waals surface area contributed by atoms with E-state index in [1.807, 2.05) is 84.0 Å². The lowest BCUT2D eigenvalue weighted by Crippen LogP contribution is -2.57. The molecule has 0 bridgehead atoms. The van der Waals surface area contributed by atoms with E-state index >= 15 is 0 Å². The van der Waals surface area contributed by atoms with Gasteiger partial charge in [0.1, 0.15) is 17.7 Å². The zero-order chi connectivity index (χ0) is 27.4. The van der Waals surface area contributed by atoms with Crippen LogP contribution in [0.25, 0.3) is 0 Å². The van der Waals surface area contributed by atoms with Crippen LogP contribution < -0.4 is 10.6 Å². The lowest BCUT2D eigenvalue weighted by Gasteiger charge is -2.42. The number of para-hydroxylation sites is 1. The van der Waals surface area contributed by atoms with Gasteiger partial charge in [-0.25, -0.2) is 4.79 Å². The number of hydrogen-bond acceptors (Lipinski definition) is 4. The van der Waals surface area contributed by atoms with Gasteiger partial charge in [-0.1, -0.05) is 47.5 Å². The van der Waals surface area contributed by atoms with Crippen LogP contribution in [-0.2, 0) is 14.3 Å². The number of benzene rings is 2. The Bertz CT molecular complexity index is 1090. The summed E-state index contributed by atoms with van der Waals surface area (Å²) in [5.41, 5.74) is 2.82. The molecule has 0 saturated carbocycles. The van der Waals surface area contributed by atoms with Crippen molar-refractivity contribution in [3.8, 4) is 0 Å². The molecule has 2 aromatic rings. The first-order chi connectivity index (χ1) is 16.5. The van der Waals surface area contributed by atoms with Crippen LogP contribution in [0.5, 0.6) is 0 Å². The van der Waals surface area contributed by atoms with Crippen molar-refractivity contribution in [2.75, 3.05) is 5.32 Å². The molecule has 0 aromatic heterocycles. The Morgan fingerprint density at radius 3 is 1.94 bits per heavy atom. The topological polar surface area (TPSA) is 87.7 Å². The SMILES string of the molecule is Cc1cc(C)cc(C(C(=O)Nc2ccccc2C)N(C(=O)C(C)NC(=O)OC(C)(C)C)C(C)(C)C)c1. The zero-order valence-corrected chi connectivity index (χ0v) is 23.3. The number of hydrogen-bond donors (Lipinski definition) is 2. The molecule has 2 rings (SSSR count). The van der Waals surface area contributed by atoms with Crippen molar-refractivity contribution >= 4 is 23.6 Å². The van der Waals surface area contributed by atoms with Crippen LogP contribution >= 0.6 is 0 Å². The molecule has 0 heterocycles. The molecule has 36 heavy (non-hydrogen) atoms. The van der Waals surface area contributed by atoms with Gasteiger partial charge in [-0.15, -0.1) is 0 Å². The number of anilines is 1. The molecule has 2 N–H and O–H groups in total. The van der Waals surface area contributed by atoms with E-state index in [1.165, 1.54) is 0 Å². The molecule has 0 radical (unpaired) electrons. The summed E-state index contributed by atoms with van der Waals surface area (Å²) in [6.45, 7) is 18.3. The standard InChI is InChI=1S/C29H41N3O4/c1-18-15-19(2)17-22(16-18)24(25(33)31-23-14-12-11-13-20(23)3)32(28(5,6)7)26(34)21(4)30-27(35)36-29(8,9)10/h11-17,21,24H,1-10H3,(H,30,35)(H,31,33). The summed E-state index contributed by atoms with van der Waals surface area (Å²) in [7, 11) is 0. The minimum absolute atomic E-state index is 0.331. The van der Waals surface area contributed by atoms with Gasteiger partial charge in [-0.05, 0) is 86.4 Å². The van der Waals surface area contributed by atoms with Crippen molar-refractivity contribution in [2.45, 2.75) is 92.5 Å². The maximum absolute atomic E-state index is 13.9. The highest BCUT2D eigenvalue weighted by Crippen LogP contribution is 2.32. The second-order valence-corrected chi connectivity index (χ2v) is 11.4. The second kappa shape index (κ2) is 11.1. The first kappa shape index (κ1) is 28.9. The van der Waals surface area contributed by atoms with Crippen molar-refractivity contribution in [2.24, 2.45) is 0 Å². The van der Waals surface area contributed by atoms with Crippen molar-refractivity contribution < 1.29 is 19.1 Å². The quantitative estimate of drug-likeness (QED) is 0.528. The van der Waals surface area contributed by atoms with E-state index in [1.54, 1.807) is 32.6 Å². The predicted octanol–water partition coefficient (Wildman–Crippen LogP) is 5.83. The van der Waals surface area contributed by atoms with Crippen LogP contribution in [0.1, 0.15) is 76.8 Å². The van der Waals surface area contributed by atoms with E-state index in [9.17, 15) is 14.4 Å². The lowest BCUT2D eigenvalue weighted by molar-refractivity contribution is -0.146. The van der Waals surface area contributed by atoms with Crippen LogP contribution in [0.3, 0.4) is 0 Å². The van der Waals surface area contributed by atoms with Gasteiger partial charge in [0.05, 0.1) is 0 Å². The van der Waals surface area contributed by atoms with Gasteiger partial charge in [0.15, 0.2) is 0 Å². The summed E-state index contributed by atoms with van der Waals surface area (Å²) in [6.07, 6.45) is -0.690. The normalized spacial score (nSPS) is 13.4. The molecule has 0 spiro atoms. The average molecular weight is 496 g/mol. The van der Waals surface area contributed by atoms with Gasteiger partial charge >= 0.3 is 6.09 Å². The Morgan fingerprint density at radius 2 is 1.44 bits per heavy atom. The fraction of sp³-hybridized carbons (Fsp3) is 0.483. The Balaban J connectivity index is 2.54. The summed E-state index contributed by atoms with van der Waals surface area (Å²) < 4.78 is 5.34. The highest BCUT2D eigenvalue weighted by Gasteiger charge is 2.41. The molecule has 2 aromatic carbocycles. The Kier molecular flexibility index (Phi) is 8.94. The third-order valence-corrected chi connectivity index (χ3v) is 5.53. The minimum atomic E-state index is -0.932. The van der Waals surface area contributed by atoms with Crippen molar-refractivity contribution in [3.05, 3.63) is 64.7 Å². The first-order valence-electron chi connectivity index (χ1n) is 12.3. The molecule has 7 heteroatoms. The third-order valence-electron chi connectivity index (χ3n) is 5.53. The molecule has 0 saturated heterocycles. The Hall–Kier alpha value is -3.35. The third kappa shape index (κ3) is 7.83. The number of alkyl carbamates (subject to hydrolysis) is 1. The van der Waals surface area contributed by atoms with Crippen molar-refractivity contribution in [1.29, 1.82) is 0 Å². The molecular weight excluding hydrogens is 454 g/mol. The summed E-state index contributed by atoms with van der Waals surface area (Å²) in [4.78, 5) is 41.7. The number of nitrogens with one attached hydrogen (secondary N) is 2.